The highest BCUT2D eigenvalue weighted by Crippen LogP contribution is 2.16. The number of rotatable bonds is 6. The standard InChI is InChI=1S/C17H20N4O3S/c1-4-24-15(22)13-10-18-16(20-11(13)2)21-17(25)19-9-12-7-5-6-8-14(12)23-3/h5-8,10H,4,9H2,1-3H3,(H2,18,19,20,21,25). The summed E-state index contributed by atoms with van der Waals surface area (Å²) < 4.78 is 10.2. The lowest BCUT2D eigenvalue weighted by molar-refractivity contribution is 0.0524. The first-order chi connectivity index (χ1) is 12.0. The van der Waals surface area contributed by atoms with Gasteiger partial charge in [-0.05, 0) is 32.1 Å². The third-order valence-corrected chi connectivity index (χ3v) is 3.58. The maximum absolute atomic E-state index is 11.7. The lowest BCUT2D eigenvalue weighted by Gasteiger charge is -2.12. The summed E-state index contributed by atoms with van der Waals surface area (Å²) in [6, 6.07) is 7.66. The van der Waals surface area contributed by atoms with E-state index in [0.717, 1.165) is 11.3 Å². The van der Waals surface area contributed by atoms with Crippen LogP contribution in [0.4, 0.5) is 5.95 Å². The molecule has 0 saturated heterocycles. The van der Waals surface area contributed by atoms with E-state index in [-0.39, 0.29) is 0 Å². The molecule has 0 fully saturated rings. The van der Waals surface area contributed by atoms with Crippen LogP contribution in [0, 0.1) is 6.92 Å². The molecular formula is C17H20N4O3S. The van der Waals surface area contributed by atoms with Crippen molar-refractivity contribution in [2.24, 2.45) is 0 Å². The Kier molecular flexibility index (Phi) is 6.64. The van der Waals surface area contributed by atoms with Gasteiger partial charge in [-0.25, -0.2) is 14.8 Å². The van der Waals surface area contributed by atoms with Crippen LogP contribution < -0.4 is 15.4 Å². The summed E-state index contributed by atoms with van der Waals surface area (Å²) in [5.74, 6) is 0.648. The summed E-state index contributed by atoms with van der Waals surface area (Å²) in [5, 5.41) is 6.33. The molecule has 0 aliphatic heterocycles. The summed E-state index contributed by atoms with van der Waals surface area (Å²) in [4.78, 5) is 20.1. The second-order valence-corrected chi connectivity index (χ2v) is 5.44. The number of carbonyl (C=O) groups is 1. The molecule has 0 bridgehead atoms. The molecule has 0 aliphatic rings. The minimum Gasteiger partial charge on any atom is -0.496 e. The average molecular weight is 360 g/mol. The van der Waals surface area contributed by atoms with Crippen LogP contribution in [0.3, 0.4) is 0 Å². The molecule has 0 atom stereocenters. The molecule has 25 heavy (non-hydrogen) atoms. The number of thiocarbonyl (C=S) groups is 1. The fourth-order valence-corrected chi connectivity index (χ4v) is 2.27. The van der Waals surface area contributed by atoms with Crippen LogP contribution in [0.1, 0.15) is 28.5 Å². The Morgan fingerprint density at radius 1 is 1.32 bits per heavy atom. The third kappa shape index (κ3) is 5.12. The maximum atomic E-state index is 11.7. The van der Waals surface area contributed by atoms with Crippen molar-refractivity contribution in [3.63, 3.8) is 0 Å². The Morgan fingerprint density at radius 2 is 2.08 bits per heavy atom. The van der Waals surface area contributed by atoms with E-state index in [0.29, 0.717) is 35.5 Å². The van der Waals surface area contributed by atoms with E-state index in [9.17, 15) is 4.79 Å². The molecule has 7 nitrogen and oxygen atoms in total. The van der Waals surface area contributed by atoms with Crippen molar-refractivity contribution in [1.82, 2.24) is 15.3 Å². The Bertz CT molecular complexity index is 767. The van der Waals surface area contributed by atoms with Crippen LogP contribution in [-0.4, -0.2) is 34.8 Å². The summed E-state index contributed by atoms with van der Waals surface area (Å²) in [6.45, 7) is 4.26. The number of ether oxygens (including phenoxy) is 2. The second kappa shape index (κ2) is 8.93. The van der Waals surface area contributed by atoms with Crippen LogP contribution in [0.5, 0.6) is 5.75 Å². The van der Waals surface area contributed by atoms with E-state index >= 15 is 0 Å². The molecule has 0 unspecified atom stereocenters. The molecule has 2 rings (SSSR count). The number of para-hydroxylation sites is 1. The number of nitrogens with one attached hydrogen (secondary N) is 2. The van der Waals surface area contributed by atoms with Crippen LogP contribution in [0.25, 0.3) is 0 Å². The topological polar surface area (TPSA) is 85.4 Å². The number of hydrogen-bond donors (Lipinski definition) is 2. The molecule has 2 aromatic rings. The van der Waals surface area contributed by atoms with Gasteiger partial charge < -0.3 is 20.1 Å². The predicted octanol–water partition coefficient (Wildman–Crippen LogP) is 2.46. The molecule has 0 radical (unpaired) electrons. The number of benzene rings is 1. The van der Waals surface area contributed by atoms with Gasteiger partial charge in [0.05, 0.1) is 25.0 Å². The van der Waals surface area contributed by atoms with E-state index in [4.69, 9.17) is 21.7 Å². The summed E-state index contributed by atoms with van der Waals surface area (Å²) in [7, 11) is 1.62. The SMILES string of the molecule is CCOC(=O)c1cnc(NC(=S)NCc2ccccc2OC)nc1C. The number of aryl methyl sites for hydroxylation is 1. The fourth-order valence-electron chi connectivity index (χ4n) is 2.11. The highest BCUT2D eigenvalue weighted by atomic mass is 32.1. The fraction of sp³-hybridized carbons (Fsp3) is 0.294. The number of esters is 1. The van der Waals surface area contributed by atoms with Crippen molar-refractivity contribution in [3.8, 4) is 5.75 Å². The zero-order chi connectivity index (χ0) is 18.2. The van der Waals surface area contributed by atoms with Gasteiger partial charge in [-0.15, -0.1) is 0 Å². The second-order valence-electron chi connectivity index (χ2n) is 5.03. The van der Waals surface area contributed by atoms with Gasteiger partial charge in [0, 0.05) is 18.3 Å². The van der Waals surface area contributed by atoms with Crippen molar-refractivity contribution >= 4 is 29.2 Å². The van der Waals surface area contributed by atoms with E-state index < -0.39 is 5.97 Å². The van der Waals surface area contributed by atoms with Crippen LogP contribution in [0.15, 0.2) is 30.5 Å². The molecule has 2 N–H and O–H groups in total. The first-order valence-corrected chi connectivity index (χ1v) is 8.13. The normalized spacial score (nSPS) is 10.0. The van der Waals surface area contributed by atoms with Crippen LogP contribution in [-0.2, 0) is 11.3 Å². The van der Waals surface area contributed by atoms with E-state index in [1.807, 2.05) is 24.3 Å². The smallest absolute Gasteiger partial charge is 0.341 e. The largest absolute Gasteiger partial charge is 0.496 e. The lowest BCUT2D eigenvalue weighted by atomic mass is 10.2. The van der Waals surface area contributed by atoms with Crippen molar-refractivity contribution in [3.05, 3.63) is 47.3 Å². The Labute approximate surface area is 151 Å². The minimum atomic E-state index is -0.441. The molecule has 0 spiro atoms. The first-order valence-electron chi connectivity index (χ1n) is 7.72. The van der Waals surface area contributed by atoms with Crippen molar-refractivity contribution in [1.29, 1.82) is 0 Å². The molecular weight excluding hydrogens is 340 g/mol. The van der Waals surface area contributed by atoms with Crippen LogP contribution >= 0.6 is 12.2 Å². The Balaban J connectivity index is 1.96. The number of hydrogen-bond acceptors (Lipinski definition) is 6. The minimum absolute atomic E-state index is 0.301. The van der Waals surface area contributed by atoms with Crippen molar-refractivity contribution in [2.75, 3.05) is 19.0 Å². The number of anilines is 1. The van der Waals surface area contributed by atoms with E-state index in [1.165, 1.54) is 6.20 Å². The predicted molar refractivity (Wildman–Crippen MR) is 98.8 cm³/mol. The van der Waals surface area contributed by atoms with Gasteiger partial charge in [0.15, 0.2) is 5.11 Å². The summed E-state index contributed by atoms with van der Waals surface area (Å²) in [6.07, 6.45) is 1.42. The van der Waals surface area contributed by atoms with Gasteiger partial charge in [0.25, 0.3) is 0 Å². The number of carbonyl (C=O) groups excluding carboxylic acids is 1. The van der Waals surface area contributed by atoms with Gasteiger partial charge in [0.1, 0.15) is 5.75 Å². The van der Waals surface area contributed by atoms with Gasteiger partial charge >= 0.3 is 5.97 Å². The number of nitrogens with zero attached hydrogens (tertiary/aromatic N) is 2. The molecule has 1 aromatic heterocycles. The van der Waals surface area contributed by atoms with Gasteiger partial charge in [-0.2, -0.15) is 0 Å². The summed E-state index contributed by atoms with van der Waals surface area (Å²) >= 11 is 5.25. The Morgan fingerprint density at radius 3 is 2.76 bits per heavy atom. The van der Waals surface area contributed by atoms with Gasteiger partial charge in [0.2, 0.25) is 5.95 Å². The van der Waals surface area contributed by atoms with Crippen molar-refractivity contribution in [2.45, 2.75) is 20.4 Å². The van der Waals surface area contributed by atoms with Gasteiger partial charge in [-0.1, -0.05) is 18.2 Å². The zero-order valence-electron chi connectivity index (χ0n) is 14.3. The Hall–Kier alpha value is -2.74. The van der Waals surface area contributed by atoms with Crippen LogP contribution in [0.2, 0.25) is 0 Å². The molecule has 0 saturated carbocycles. The highest BCUT2D eigenvalue weighted by Gasteiger charge is 2.13. The molecule has 0 aliphatic carbocycles. The monoisotopic (exact) mass is 360 g/mol. The average Bonchev–Trinajstić information content (AvgIpc) is 2.60. The summed E-state index contributed by atoms with van der Waals surface area (Å²) in [5.41, 5.74) is 1.83. The van der Waals surface area contributed by atoms with Gasteiger partial charge in [-0.3, -0.25) is 0 Å². The zero-order valence-corrected chi connectivity index (χ0v) is 15.1. The highest BCUT2D eigenvalue weighted by molar-refractivity contribution is 7.80. The van der Waals surface area contributed by atoms with E-state index in [1.54, 1.807) is 21.0 Å². The molecule has 8 heteroatoms. The molecule has 1 heterocycles. The van der Waals surface area contributed by atoms with E-state index in [2.05, 4.69) is 20.6 Å². The first kappa shape index (κ1) is 18.6. The van der Waals surface area contributed by atoms with Crippen molar-refractivity contribution < 1.29 is 14.3 Å². The number of aromatic nitrogens is 2. The lowest BCUT2D eigenvalue weighted by Crippen LogP contribution is -2.29. The molecule has 1 aromatic carbocycles. The molecule has 132 valence electrons. The third-order valence-electron chi connectivity index (χ3n) is 3.33. The molecule has 0 amide bonds. The maximum Gasteiger partial charge on any atom is 0.341 e. The number of methoxy groups -OCH3 is 1. The quantitative estimate of drug-likeness (QED) is 0.600.